The van der Waals surface area contributed by atoms with E-state index < -0.39 is 0 Å². The Morgan fingerprint density at radius 1 is 0.885 bits per heavy atom. The van der Waals surface area contributed by atoms with Gasteiger partial charge in [-0.25, -0.2) is 9.97 Å². The second kappa shape index (κ2) is 7.80. The highest BCUT2D eigenvalue weighted by atomic mass is 35.5. The van der Waals surface area contributed by atoms with Gasteiger partial charge in [-0.2, -0.15) is 0 Å². The molecule has 2 aromatic carbocycles. The van der Waals surface area contributed by atoms with E-state index in [2.05, 4.69) is 15.3 Å². The Morgan fingerprint density at radius 2 is 1.69 bits per heavy atom. The van der Waals surface area contributed by atoms with Crippen molar-refractivity contribution in [1.29, 1.82) is 0 Å². The van der Waals surface area contributed by atoms with Crippen LogP contribution in [-0.4, -0.2) is 22.1 Å². The lowest BCUT2D eigenvalue weighted by Crippen LogP contribution is -2.00. The van der Waals surface area contributed by atoms with Gasteiger partial charge in [-0.3, -0.25) is 4.98 Å². The quantitative estimate of drug-likeness (QED) is 0.560. The number of hydrogen-bond acceptors (Lipinski definition) is 5. The Morgan fingerprint density at radius 3 is 2.50 bits per heavy atom. The number of halogens is 1. The van der Waals surface area contributed by atoms with Crippen molar-refractivity contribution in [3.05, 3.63) is 73.1 Å². The molecule has 0 saturated heterocycles. The van der Waals surface area contributed by atoms with Gasteiger partial charge < -0.3 is 10.1 Å². The highest BCUT2D eigenvalue weighted by Crippen LogP contribution is 2.31. The Balaban J connectivity index is 0.00000196. The number of aromatic nitrogens is 3. The molecule has 0 saturated carbocycles. The van der Waals surface area contributed by atoms with Crippen molar-refractivity contribution in [3.63, 3.8) is 0 Å². The molecule has 4 rings (SSSR count). The Hall–Kier alpha value is -3.18. The van der Waals surface area contributed by atoms with Crippen LogP contribution in [0.2, 0.25) is 0 Å². The third-order valence-corrected chi connectivity index (χ3v) is 3.88. The lowest BCUT2D eigenvalue weighted by molar-refractivity contribution is 0.417. The van der Waals surface area contributed by atoms with Gasteiger partial charge in [0.15, 0.2) is 5.82 Å². The second-order valence-electron chi connectivity index (χ2n) is 5.48. The van der Waals surface area contributed by atoms with E-state index in [1.165, 1.54) is 0 Å². The predicted octanol–water partition coefficient (Wildman–Crippen LogP) is 4.87. The molecule has 130 valence electrons. The minimum Gasteiger partial charge on any atom is -0.495 e. The molecule has 0 atom stereocenters. The van der Waals surface area contributed by atoms with Gasteiger partial charge in [0.25, 0.3) is 0 Å². The van der Waals surface area contributed by atoms with Crippen LogP contribution in [0.25, 0.3) is 22.3 Å². The molecule has 0 bridgehead atoms. The number of methoxy groups -OCH3 is 1. The SMILES string of the molecule is COc1ccccc1Nc1nc(-c2cccnc2)nc2ccccc12.Cl. The molecule has 4 aromatic rings. The third kappa shape index (κ3) is 3.43. The Kier molecular flexibility index (Phi) is 5.29. The van der Waals surface area contributed by atoms with Crippen LogP contribution < -0.4 is 10.1 Å². The van der Waals surface area contributed by atoms with Gasteiger partial charge in [0.05, 0.1) is 18.3 Å². The number of nitrogens with one attached hydrogen (secondary N) is 1. The molecule has 2 heterocycles. The first-order valence-corrected chi connectivity index (χ1v) is 7.92. The summed E-state index contributed by atoms with van der Waals surface area (Å²) in [5.41, 5.74) is 2.59. The van der Waals surface area contributed by atoms with Gasteiger partial charge in [-0.15, -0.1) is 12.4 Å². The third-order valence-electron chi connectivity index (χ3n) is 3.88. The van der Waals surface area contributed by atoms with E-state index in [9.17, 15) is 0 Å². The number of nitrogens with zero attached hydrogens (tertiary/aromatic N) is 3. The zero-order chi connectivity index (χ0) is 17.1. The summed E-state index contributed by atoms with van der Waals surface area (Å²) in [6.45, 7) is 0. The van der Waals surface area contributed by atoms with Crippen molar-refractivity contribution in [2.75, 3.05) is 12.4 Å². The molecule has 5 nitrogen and oxygen atoms in total. The minimum atomic E-state index is 0. The largest absolute Gasteiger partial charge is 0.495 e. The first-order valence-electron chi connectivity index (χ1n) is 7.92. The monoisotopic (exact) mass is 364 g/mol. The fourth-order valence-corrected chi connectivity index (χ4v) is 2.67. The van der Waals surface area contributed by atoms with Gasteiger partial charge in [0.1, 0.15) is 11.6 Å². The van der Waals surface area contributed by atoms with E-state index in [0.29, 0.717) is 5.82 Å². The van der Waals surface area contributed by atoms with Crippen LogP contribution in [0.1, 0.15) is 0 Å². The molecule has 6 heteroatoms. The summed E-state index contributed by atoms with van der Waals surface area (Å²) in [5, 5.41) is 4.33. The van der Waals surface area contributed by atoms with Crippen molar-refractivity contribution in [3.8, 4) is 17.1 Å². The molecule has 0 aliphatic carbocycles. The van der Waals surface area contributed by atoms with E-state index in [1.54, 1.807) is 19.5 Å². The zero-order valence-corrected chi connectivity index (χ0v) is 14.9. The summed E-state index contributed by atoms with van der Waals surface area (Å²) in [4.78, 5) is 13.6. The molecular formula is C20H17ClN4O. The maximum Gasteiger partial charge on any atom is 0.163 e. The number of pyridine rings is 1. The maximum absolute atomic E-state index is 5.43. The standard InChI is InChI=1S/C20H16N4O.ClH/c1-25-18-11-5-4-10-17(18)23-20-15-8-2-3-9-16(15)22-19(24-20)14-7-6-12-21-13-14;/h2-13H,1H3,(H,22,23,24);1H. The molecule has 0 amide bonds. The number of para-hydroxylation sites is 3. The molecule has 0 aliphatic rings. The normalized spacial score (nSPS) is 10.2. The molecule has 0 aliphatic heterocycles. The lowest BCUT2D eigenvalue weighted by Gasteiger charge is -2.13. The van der Waals surface area contributed by atoms with Crippen LogP contribution >= 0.6 is 12.4 Å². The number of benzene rings is 2. The highest BCUT2D eigenvalue weighted by molar-refractivity contribution is 5.92. The Labute approximate surface area is 157 Å². The maximum atomic E-state index is 5.43. The summed E-state index contributed by atoms with van der Waals surface area (Å²) >= 11 is 0. The average Bonchev–Trinajstić information content (AvgIpc) is 2.69. The summed E-state index contributed by atoms with van der Waals surface area (Å²) in [5.74, 6) is 2.12. The summed E-state index contributed by atoms with van der Waals surface area (Å²) in [7, 11) is 1.65. The van der Waals surface area contributed by atoms with Crippen LogP contribution in [-0.2, 0) is 0 Å². The van der Waals surface area contributed by atoms with Gasteiger partial charge in [-0.1, -0.05) is 24.3 Å². The zero-order valence-electron chi connectivity index (χ0n) is 14.1. The highest BCUT2D eigenvalue weighted by Gasteiger charge is 2.11. The molecule has 1 N–H and O–H groups in total. The molecule has 26 heavy (non-hydrogen) atoms. The van der Waals surface area contributed by atoms with Gasteiger partial charge >= 0.3 is 0 Å². The molecule has 0 fully saturated rings. The lowest BCUT2D eigenvalue weighted by atomic mass is 10.2. The van der Waals surface area contributed by atoms with E-state index in [-0.39, 0.29) is 12.4 Å². The smallest absolute Gasteiger partial charge is 0.163 e. The summed E-state index contributed by atoms with van der Waals surface area (Å²) in [6, 6.07) is 19.5. The van der Waals surface area contributed by atoms with Crippen molar-refractivity contribution >= 4 is 34.8 Å². The van der Waals surface area contributed by atoms with E-state index in [0.717, 1.165) is 33.7 Å². The predicted molar refractivity (Wildman–Crippen MR) is 106 cm³/mol. The van der Waals surface area contributed by atoms with Crippen molar-refractivity contribution in [2.45, 2.75) is 0 Å². The fraction of sp³-hybridized carbons (Fsp3) is 0.0500. The molecule has 0 spiro atoms. The van der Waals surface area contributed by atoms with Crippen molar-refractivity contribution in [1.82, 2.24) is 15.0 Å². The van der Waals surface area contributed by atoms with Crippen LogP contribution in [0.5, 0.6) is 5.75 Å². The van der Waals surface area contributed by atoms with Crippen LogP contribution in [0, 0.1) is 0 Å². The average molecular weight is 365 g/mol. The second-order valence-corrected chi connectivity index (χ2v) is 5.48. The fourth-order valence-electron chi connectivity index (χ4n) is 2.67. The van der Waals surface area contributed by atoms with Gasteiger partial charge in [0.2, 0.25) is 0 Å². The number of fused-ring (bicyclic) bond motifs is 1. The first kappa shape index (κ1) is 17.6. The van der Waals surface area contributed by atoms with Crippen molar-refractivity contribution in [2.24, 2.45) is 0 Å². The van der Waals surface area contributed by atoms with E-state index in [4.69, 9.17) is 9.72 Å². The topological polar surface area (TPSA) is 59.9 Å². The van der Waals surface area contributed by atoms with Crippen molar-refractivity contribution < 1.29 is 4.74 Å². The van der Waals surface area contributed by atoms with Gasteiger partial charge in [-0.05, 0) is 36.4 Å². The first-order chi connectivity index (χ1) is 12.3. The van der Waals surface area contributed by atoms with Crippen LogP contribution in [0.3, 0.4) is 0 Å². The van der Waals surface area contributed by atoms with Gasteiger partial charge in [0, 0.05) is 23.3 Å². The number of ether oxygens (including phenoxy) is 1. The molecular weight excluding hydrogens is 348 g/mol. The number of anilines is 2. The van der Waals surface area contributed by atoms with Crippen LogP contribution in [0.15, 0.2) is 73.1 Å². The van der Waals surface area contributed by atoms with E-state index in [1.807, 2.05) is 60.7 Å². The number of hydrogen-bond donors (Lipinski definition) is 1. The Bertz CT molecular complexity index is 1020. The van der Waals surface area contributed by atoms with E-state index >= 15 is 0 Å². The summed E-state index contributed by atoms with van der Waals surface area (Å²) < 4.78 is 5.43. The number of rotatable bonds is 4. The van der Waals surface area contributed by atoms with Crippen LogP contribution in [0.4, 0.5) is 11.5 Å². The molecule has 2 aromatic heterocycles. The molecule has 0 radical (unpaired) electrons. The summed E-state index contributed by atoms with van der Waals surface area (Å²) in [6.07, 6.45) is 3.50. The molecule has 0 unspecified atom stereocenters. The minimum absolute atomic E-state index is 0.